The van der Waals surface area contributed by atoms with Crippen molar-refractivity contribution in [1.29, 1.82) is 0 Å². The molecule has 0 unspecified atom stereocenters. The second-order valence-corrected chi connectivity index (χ2v) is 6.73. The molecule has 2 aromatic carbocycles. The largest absolute Gasteiger partial charge is 0.350 e. The van der Waals surface area contributed by atoms with Gasteiger partial charge in [-0.05, 0) is 29.3 Å². The van der Waals surface area contributed by atoms with Crippen LogP contribution in [-0.4, -0.2) is 24.7 Å². The number of rotatable bonds is 8. The lowest BCUT2D eigenvalue weighted by atomic mass is 10.1. The number of carbonyl (C=O) groups is 1. The van der Waals surface area contributed by atoms with Crippen molar-refractivity contribution in [3.05, 3.63) is 53.1 Å². The van der Waals surface area contributed by atoms with E-state index in [4.69, 9.17) is 4.84 Å². The predicted octanol–water partition coefficient (Wildman–Crippen LogP) is 4.10. The van der Waals surface area contributed by atoms with Crippen molar-refractivity contribution in [2.45, 2.75) is 19.8 Å². The Hall–Kier alpha value is -1.82. The number of carbonyl (C=O) groups excluding carboxylic acids is 1. The van der Waals surface area contributed by atoms with Crippen LogP contribution in [0.5, 0.6) is 0 Å². The fourth-order valence-corrected chi connectivity index (χ4v) is 3.53. The summed E-state index contributed by atoms with van der Waals surface area (Å²) in [7, 11) is 0. The molecule has 0 spiro atoms. The van der Waals surface area contributed by atoms with Gasteiger partial charge >= 0.3 is 0 Å². The first-order chi connectivity index (χ1) is 11.8. The molecule has 5 heteroatoms. The third-order valence-corrected chi connectivity index (χ3v) is 4.96. The Labute approximate surface area is 146 Å². The van der Waals surface area contributed by atoms with Crippen LogP contribution in [0.1, 0.15) is 19.8 Å². The van der Waals surface area contributed by atoms with Crippen molar-refractivity contribution in [2.75, 3.05) is 24.2 Å². The number of hydrogen-bond donors (Lipinski definition) is 2. The van der Waals surface area contributed by atoms with Crippen molar-refractivity contribution in [3.8, 4) is 0 Å². The van der Waals surface area contributed by atoms with Gasteiger partial charge in [-0.3, -0.25) is 9.63 Å². The minimum atomic E-state index is 0.139. The normalized spacial score (nSPS) is 14.6. The fraction of sp³-hybridized carbons (Fsp3) is 0.316. The van der Waals surface area contributed by atoms with Crippen LogP contribution in [0.2, 0.25) is 0 Å². The second kappa shape index (κ2) is 8.33. The Bertz CT molecular complexity index is 758. The number of thioether (sulfide) groups is 1. The number of anilines is 1. The molecule has 2 N–H and O–H groups in total. The maximum atomic E-state index is 12.1. The summed E-state index contributed by atoms with van der Waals surface area (Å²) < 4.78 is 0. The van der Waals surface area contributed by atoms with Crippen molar-refractivity contribution >= 4 is 34.0 Å². The first-order valence-electron chi connectivity index (χ1n) is 8.27. The standard InChI is InChI=1S/C19H22N2O2S/c1-2-3-10-20-23-12-17-18(22)13-24-19(17)21-16-9-8-14-6-4-5-7-15(14)11-16/h4-9,11,20-21H,2-3,10,12-13H2,1H3. The maximum Gasteiger partial charge on any atom is 0.174 e. The second-order valence-electron chi connectivity index (χ2n) is 5.74. The quantitative estimate of drug-likeness (QED) is 0.559. The van der Waals surface area contributed by atoms with E-state index in [0.717, 1.165) is 35.7 Å². The third kappa shape index (κ3) is 4.17. The van der Waals surface area contributed by atoms with Gasteiger partial charge in [-0.1, -0.05) is 55.4 Å². The minimum Gasteiger partial charge on any atom is -0.350 e. The molecular formula is C19H22N2O2S. The monoisotopic (exact) mass is 342 g/mol. The highest BCUT2D eigenvalue weighted by Gasteiger charge is 2.24. The molecule has 1 aliphatic rings. The zero-order valence-electron chi connectivity index (χ0n) is 13.8. The number of nitrogens with one attached hydrogen (secondary N) is 2. The van der Waals surface area contributed by atoms with Gasteiger partial charge in [0.15, 0.2) is 5.78 Å². The van der Waals surface area contributed by atoms with Crippen LogP contribution in [0.25, 0.3) is 10.8 Å². The first kappa shape index (κ1) is 17.0. The molecular weight excluding hydrogens is 320 g/mol. The molecule has 0 aromatic heterocycles. The molecule has 0 saturated heterocycles. The molecule has 3 rings (SSSR count). The van der Waals surface area contributed by atoms with Crippen molar-refractivity contribution < 1.29 is 9.63 Å². The summed E-state index contributed by atoms with van der Waals surface area (Å²) in [6.07, 6.45) is 2.17. The van der Waals surface area contributed by atoms with Crippen LogP contribution in [-0.2, 0) is 9.63 Å². The highest BCUT2D eigenvalue weighted by molar-refractivity contribution is 8.04. The van der Waals surface area contributed by atoms with Crippen LogP contribution < -0.4 is 10.8 Å². The Morgan fingerprint density at radius 1 is 1.17 bits per heavy atom. The highest BCUT2D eigenvalue weighted by Crippen LogP contribution is 2.31. The molecule has 0 fully saturated rings. The smallest absolute Gasteiger partial charge is 0.174 e. The molecule has 0 radical (unpaired) electrons. The third-order valence-electron chi connectivity index (χ3n) is 3.92. The summed E-state index contributed by atoms with van der Waals surface area (Å²) in [5.74, 6) is 0.615. The summed E-state index contributed by atoms with van der Waals surface area (Å²) in [6.45, 7) is 3.23. The van der Waals surface area contributed by atoms with Crippen molar-refractivity contribution in [3.63, 3.8) is 0 Å². The molecule has 1 aliphatic heterocycles. The average Bonchev–Trinajstić information content (AvgIpc) is 2.95. The van der Waals surface area contributed by atoms with Crippen LogP contribution >= 0.6 is 11.8 Å². The van der Waals surface area contributed by atoms with Crippen LogP contribution in [0.4, 0.5) is 5.69 Å². The van der Waals surface area contributed by atoms with E-state index in [0.29, 0.717) is 12.4 Å². The van der Waals surface area contributed by atoms with E-state index in [2.05, 4.69) is 42.0 Å². The average molecular weight is 342 g/mol. The summed E-state index contributed by atoms with van der Waals surface area (Å²) in [6, 6.07) is 14.5. The van der Waals surface area contributed by atoms with Crippen LogP contribution in [0.3, 0.4) is 0 Å². The van der Waals surface area contributed by atoms with Gasteiger partial charge < -0.3 is 5.32 Å². The van der Waals surface area contributed by atoms with Gasteiger partial charge in [0.25, 0.3) is 0 Å². The fourth-order valence-electron chi connectivity index (χ4n) is 2.54. The molecule has 0 aliphatic carbocycles. The van der Waals surface area contributed by atoms with Crippen molar-refractivity contribution in [1.82, 2.24) is 5.48 Å². The number of fused-ring (bicyclic) bond motifs is 1. The zero-order chi connectivity index (χ0) is 16.8. The van der Waals surface area contributed by atoms with E-state index >= 15 is 0 Å². The topological polar surface area (TPSA) is 50.4 Å². The molecule has 0 amide bonds. The molecule has 2 aromatic rings. The molecule has 0 bridgehead atoms. The Kier molecular flexibility index (Phi) is 5.91. The lowest BCUT2D eigenvalue weighted by Crippen LogP contribution is -2.20. The first-order valence-corrected chi connectivity index (χ1v) is 9.26. The number of ketones is 1. The minimum absolute atomic E-state index is 0.139. The van der Waals surface area contributed by atoms with Crippen molar-refractivity contribution in [2.24, 2.45) is 0 Å². The Morgan fingerprint density at radius 2 is 2.00 bits per heavy atom. The lowest BCUT2D eigenvalue weighted by molar-refractivity contribution is -0.114. The summed E-state index contributed by atoms with van der Waals surface area (Å²) in [5.41, 5.74) is 4.63. The Morgan fingerprint density at radius 3 is 2.83 bits per heavy atom. The highest BCUT2D eigenvalue weighted by atomic mass is 32.2. The van der Waals surface area contributed by atoms with Gasteiger partial charge in [0.2, 0.25) is 0 Å². The van der Waals surface area contributed by atoms with Gasteiger partial charge in [-0.25, -0.2) is 5.48 Å². The molecule has 24 heavy (non-hydrogen) atoms. The molecule has 126 valence electrons. The summed E-state index contributed by atoms with van der Waals surface area (Å²) in [4.78, 5) is 17.5. The van der Waals surface area contributed by atoms with E-state index in [1.807, 2.05) is 18.2 Å². The van der Waals surface area contributed by atoms with Gasteiger partial charge in [-0.15, -0.1) is 0 Å². The Balaban J connectivity index is 1.69. The van der Waals surface area contributed by atoms with E-state index in [1.54, 1.807) is 0 Å². The van der Waals surface area contributed by atoms with Crippen LogP contribution in [0.15, 0.2) is 53.1 Å². The van der Waals surface area contributed by atoms with E-state index in [1.165, 1.54) is 22.5 Å². The summed E-state index contributed by atoms with van der Waals surface area (Å²) in [5, 5.41) is 6.66. The number of Topliss-reactive ketones (excluding diaryl/α,β-unsaturated/α-hetero) is 1. The summed E-state index contributed by atoms with van der Waals surface area (Å²) >= 11 is 1.54. The van der Waals surface area contributed by atoms with Crippen LogP contribution in [0, 0.1) is 0 Å². The predicted molar refractivity (Wildman–Crippen MR) is 101 cm³/mol. The molecule has 0 saturated carbocycles. The van der Waals surface area contributed by atoms with Gasteiger partial charge in [0, 0.05) is 12.2 Å². The SMILES string of the molecule is CCCCNOCC1=C(Nc2ccc3ccccc3c2)SCC1=O. The van der Waals surface area contributed by atoms with Gasteiger partial charge in [0.1, 0.15) is 0 Å². The zero-order valence-corrected chi connectivity index (χ0v) is 14.6. The molecule has 0 atom stereocenters. The molecule has 1 heterocycles. The maximum absolute atomic E-state index is 12.1. The number of benzene rings is 2. The van der Waals surface area contributed by atoms with Gasteiger partial charge in [0.05, 0.1) is 23.0 Å². The lowest BCUT2D eigenvalue weighted by Gasteiger charge is -2.11. The number of hydroxylamine groups is 1. The van der Waals surface area contributed by atoms with E-state index in [9.17, 15) is 4.79 Å². The molecule has 4 nitrogen and oxygen atoms in total. The van der Waals surface area contributed by atoms with Gasteiger partial charge in [-0.2, -0.15) is 0 Å². The van der Waals surface area contributed by atoms with E-state index < -0.39 is 0 Å². The van der Waals surface area contributed by atoms with E-state index in [-0.39, 0.29) is 5.78 Å². The number of hydrogen-bond acceptors (Lipinski definition) is 5. The number of unbranched alkanes of at least 4 members (excludes halogenated alkanes) is 1.